The Labute approximate surface area is 104 Å². The van der Waals surface area contributed by atoms with Gasteiger partial charge in [0.15, 0.2) is 0 Å². The monoisotopic (exact) mass is 246 g/mol. The highest BCUT2D eigenvalue weighted by atomic mass is 16.3. The summed E-state index contributed by atoms with van der Waals surface area (Å²) in [4.78, 5) is 15.8. The third-order valence-electron chi connectivity index (χ3n) is 2.44. The molecule has 6 heteroatoms. The van der Waals surface area contributed by atoms with Crippen LogP contribution in [0.4, 0.5) is 5.69 Å². The normalized spacial score (nSPS) is 10.1. The molecule has 1 amide bonds. The molecule has 6 nitrogen and oxygen atoms in total. The molecule has 0 aliphatic carbocycles. The van der Waals surface area contributed by atoms with E-state index in [1.165, 1.54) is 6.20 Å². The van der Waals surface area contributed by atoms with Crippen LogP contribution in [0.2, 0.25) is 0 Å². The smallest absolute Gasteiger partial charge is 0.255 e. The molecule has 4 N–H and O–H groups in total. The second kappa shape index (κ2) is 5.33. The average molecular weight is 246 g/mol. The number of nitrogen functional groups attached to an aromatic ring is 1. The molecule has 2 aromatic rings. The number of nitrogens with one attached hydrogen (secondary N) is 2. The van der Waals surface area contributed by atoms with Gasteiger partial charge < -0.3 is 15.2 Å². The van der Waals surface area contributed by atoms with E-state index in [-0.39, 0.29) is 5.91 Å². The number of hydrogen-bond donors (Lipinski definition) is 3. The van der Waals surface area contributed by atoms with Gasteiger partial charge in [-0.2, -0.15) is 0 Å². The fourth-order valence-corrected chi connectivity index (χ4v) is 1.54. The maximum atomic E-state index is 11.9. The lowest BCUT2D eigenvalue weighted by molar-refractivity contribution is 0.0948. The van der Waals surface area contributed by atoms with Crippen LogP contribution in [0.1, 0.15) is 21.9 Å². The van der Waals surface area contributed by atoms with E-state index >= 15 is 0 Å². The van der Waals surface area contributed by atoms with Crippen LogP contribution in [0.25, 0.3) is 0 Å². The topological polar surface area (TPSA) is 93.2 Å². The molecule has 0 aliphatic rings. The van der Waals surface area contributed by atoms with E-state index in [1.807, 2.05) is 19.1 Å². The van der Waals surface area contributed by atoms with E-state index in [4.69, 9.17) is 10.3 Å². The van der Waals surface area contributed by atoms with E-state index in [2.05, 4.69) is 15.7 Å². The summed E-state index contributed by atoms with van der Waals surface area (Å²) in [7, 11) is 0. The zero-order valence-electron chi connectivity index (χ0n) is 9.93. The van der Waals surface area contributed by atoms with Crippen LogP contribution in [-0.2, 0) is 6.54 Å². The number of pyridine rings is 1. The van der Waals surface area contributed by atoms with Crippen LogP contribution in [0.15, 0.2) is 35.0 Å². The zero-order valence-corrected chi connectivity index (χ0v) is 9.93. The molecular formula is C12H14N4O2. The first kappa shape index (κ1) is 12.1. The number of carbonyl (C=O) groups excluding carboxylic acids is 1. The molecule has 0 saturated heterocycles. The van der Waals surface area contributed by atoms with Gasteiger partial charge >= 0.3 is 0 Å². The number of aromatic nitrogens is 1. The van der Waals surface area contributed by atoms with Gasteiger partial charge in [0.25, 0.3) is 5.91 Å². The Morgan fingerprint density at radius 3 is 2.94 bits per heavy atom. The van der Waals surface area contributed by atoms with E-state index in [9.17, 15) is 4.79 Å². The summed E-state index contributed by atoms with van der Waals surface area (Å²) in [5.41, 5.74) is 3.37. The van der Waals surface area contributed by atoms with Crippen molar-refractivity contribution in [3.63, 3.8) is 0 Å². The van der Waals surface area contributed by atoms with Gasteiger partial charge in [0.05, 0.1) is 17.8 Å². The van der Waals surface area contributed by atoms with E-state index in [1.54, 1.807) is 12.3 Å². The van der Waals surface area contributed by atoms with Crippen molar-refractivity contribution in [2.45, 2.75) is 13.5 Å². The summed E-state index contributed by atoms with van der Waals surface area (Å²) >= 11 is 0. The minimum Gasteiger partial charge on any atom is -0.465 e. The lowest BCUT2D eigenvalue weighted by Crippen LogP contribution is -2.24. The van der Waals surface area contributed by atoms with Crippen molar-refractivity contribution >= 4 is 11.6 Å². The van der Waals surface area contributed by atoms with Crippen molar-refractivity contribution in [1.29, 1.82) is 0 Å². The molecule has 0 aromatic carbocycles. The molecule has 0 spiro atoms. The lowest BCUT2D eigenvalue weighted by atomic mass is 10.2. The van der Waals surface area contributed by atoms with E-state index in [0.29, 0.717) is 23.6 Å². The molecule has 2 aromatic heterocycles. The molecule has 0 unspecified atom stereocenters. The zero-order chi connectivity index (χ0) is 13.0. The lowest BCUT2D eigenvalue weighted by Gasteiger charge is -2.07. The highest BCUT2D eigenvalue weighted by molar-refractivity contribution is 5.99. The van der Waals surface area contributed by atoms with Gasteiger partial charge in [0, 0.05) is 12.4 Å². The Morgan fingerprint density at radius 2 is 2.28 bits per heavy atom. The highest BCUT2D eigenvalue weighted by Crippen LogP contribution is 2.12. The van der Waals surface area contributed by atoms with Gasteiger partial charge in [-0.1, -0.05) is 0 Å². The number of hydrogen-bond acceptors (Lipinski definition) is 5. The second-order valence-electron chi connectivity index (χ2n) is 3.76. The van der Waals surface area contributed by atoms with Crippen molar-refractivity contribution < 1.29 is 9.21 Å². The molecule has 0 aliphatic heterocycles. The van der Waals surface area contributed by atoms with Crippen molar-refractivity contribution in [3.05, 3.63) is 47.7 Å². The predicted molar refractivity (Wildman–Crippen MR) is 66.7 cm³/mol. The molecule has 0 atom stereocenters. The van der Waals surface area contributed by atoms with Crippen molar-refractivity contribution in [1.82, 2.24) is 10.3 Å². The van der Waals surface area contributed by atoms with Crippen LogP contribution in [0.5, 0.6) is 0 Å². The summed E-state index contributed by atoms with van der Waals surface area (Å²) in [5.74, 6) is 6.57. The Morgan fingerprint density at radius 1 is 1.44 bits per heavy atom. The molecule has 0 radical (unpaired) electrons. The second-order valence-corrected chi connectivity index (χ2v) is 3.76. The standard InChI is InChI=1S/C12H14N4O2/c1-8-2-3-9(18-8)6-15-12(17)10-7-14-5-4-11(10)16-13/h2-5,7H,6,13H2,1H3,(H,14,16)(H,15,17). The summed E-state index contributed by atoms with van der Waals surface area (Å²) in [6.45, 7) is 2.18. The minimum atomic E-state index is -0.259. The number of nitrogens with zero attached hydrogens (tertiary/aromatic N) is 1. The Hall–Kier alpha value is -2.34. The van der Waals surface area contributed by atoms with Crippen LogP contribution in [-0.4, -0.2) is 10.9 Å². The fourth-order valence-electron chi connectivity index (χ4n) is 1.54. The summed E-state index contributed by atoms with van der Waals surface area (Å²) < 4.78 is 5.36. The number of amides is 1. The van der Waals surface area contributed by atoms with Crippen LogP contribution < -0.4 is 16.6 Å². The van der Waals surface area contributed by atoms with Gasteiger partial charge in [0.1, 0.15) is 11.5 Å². The molecule has 2 heterocycles. The highest BCUT2D eigenvalue weighted by Gasteiger charge is 2.11. The van der Waals surface area contributed by atoms with Crippen LogP contribution in [0.3, 0.4) is 0 Å². The minimum absolute atomic E-state index is 0.259. The first-order valence-electron chi connectivity index (χ1n) is 5.45. The third-order valence-corrected chi connectivity index (χ3v) is 2.44. The SMILES string of the molecule is Cc1ccc(CNC(=O)c2cnccc2NN)o1. The predicted octanol–water partition coefficient (Wildman–Crippen LogP) is 1.20. The molecule has 94 valence electrons. The van der Waals surface area contributed by atoms with Gasteiger partial charge in [-0.05, 0) is 25.1 Å². The molecular weight excluding hydrogens is 232 g/mol. The Bertz CT molecular complexity index is 551. The number of rotatable bonds is 4. The summed E-state index contributed by atoms with van der Waals surface area (Å²) in [5, 5.41) is 2.74. The summed E-state index contributed by atoms with van der Waals surface area (Å²) in [6.07, 6.45) is 3.01. The number of aryl methyl sites for hydroxylation is 1. The number of furan rings is 1. The number of anilines is 1. The van der Waals surface area contributed by atoms with Gasteiger partial charge in [0.2, 0.25) is 0 Å². The van der Waals surface area contributed by atoms with E-state index < -0.39 is 0 Å². The van der Waals surface area contributed by atoms with Gasteiger partial charge in [-0.15, -0.1) is 0 Å². The van der Waals surface area contributed by atoms with Crippen molar-refractivity contribution in [2.75, 3.05) is 5.43 Å². The number of hydrazine groups is 1. The molecule has 0 bridgehead atoms. The van der Waals surface area contributed by atoms with Crippen molar-refractivity contribution in [3.8, 4) is 0 Å². The van der Waals surface area contributed by atoms with Crippen LogP contribution >= 0.6 is 0 Å². The van der Waals surface area contributed by atoms with Crippen LogP contribution in [0, 0.1) is 6.92 Å². The first-order valence-corrected chi connectivity index (χ1v) is 5.45. The fraction of sp³-hybridized carbons (Fsp3) is 0.167. The quantitative estimate of drug-likeness (QED) is 0.556. The number of nitrogens with two attached hydrogens (primary N) is 1. The van der Waals surface area contributed by atoms with Gasteiger partial charge in [-0.25, -0.2) is 0 Å². The first-order chi connectivity index (χ1) is 8.70. The molecule has 2 rings (SSSR count). The third kappa shape index (κ3) is 2.67. The Balaban J connectivity index is 2.03. The summed E-state index contributed by atoms with van der Waals surface area (Å²) in [6, 6.07) is 5.30. The average Bonchev–Trinajstić information content (AvgIpc) is 2.81. The molecule has 0 saturated carbocycles. The Kier molecular flexibility index (Phi) is 3.59. The largest absolute Gasteiger partial charge is 0.465 e. The van der Waals surface area contributed by atoms with Gasteiger partial charge in [-0.3, -0.25) is 15.6 Å². The number of carbonyl (C=O) groups is 1. The van der Waals surface area contributed by atoms with Crippen molar-refractivity contribution in [2.24, 2.45) is 5.84 Å². The maximum Gasteiger partial charge on any atom is 0.255 e. The molecule has 18 heavy (non-hydrogen) atoms. The van der Waals surface area contributed by atoms with E-state index in [0.717, 1.165) is 5.76 Å². The maximum absolute atomic E-state index is 11.9. The molecule has 0 fully saturated rings.